The second-order valence-corrected chi connectivity index (χ2v) is 4.62. The number of aromatic nitrogens is 1. The molecular formula is C12H13F3N2O4. The zero-order chi connectivity index (χ0) is 15.6. The molecule has 116 valence electrons. The summed E-state index contributed by atoms with van der Waals surface area (Å²) in [5.74, 6) is 0.122. The molecule has 2 rings (SSSR count). The Bertz CT molecular complexity index is 506. The van der Waals surface area contributed by atoms with E-state index in [1.807, 2.05) is 0 Å². The monoisotopic (exact) mass is 306 g/mol. The van der Waals surface area contributed by atoms with Gasteiger partial charge in [0, 0.05) is 6.42 Å². The number of nitrogens with zero attached hydrogens (tertiary/aromatic N) is 2. The fourth-order valence-corrected chi connectivity index (χ4v) is 2.18. The van der Waals surface area contributed by atoms with Crippen molar-refractivity contribution in [2.24, 2.45) is 0 Å². The van der Waals surface area contributed by atoms with E-state index >= 15 is 0 Å². The average Bonchev–Trinajstić information content (AvgIpc) is 2.81. The molecule has 1 aliphatic rings. The second-order valence-electron chi connectivity index (χ2n) is 4.62. The van der Waals surface area contributed by atoms with Crippen molar-refractivity contribution in [1.82, 2.24) is 9.88 Å². The molecule has 2 atom stereocenters. The van der Waals surface area contributed by atoms with Crippen LogP contribution in [0, 0.1) is 0 Å². The minimum absolute atomic E-state index is 0.0432. The Balaban J connectivity index is 2.01. The smallest absolute Gasteiger partial charge is 0.433 e. The van der Waals surface area contributed by atoms with Crippen LogP contribution in [0.25, 0.3) is 0 Å². The lowest BCUT2D eigenvalue weighted by molar-refractivity contribution is -0.141. The van der Waals surface area contributed by atoms with Gasteiger partial charge in [-0.05, 0) is 12.1 Å². The molecule has 1 amide bonds. The number of carbonyl (C=O) groups is 1. The fourth-order valence-electron chi connectivity index (χ4n) is 2.18. The Morgan fingerprint density at radius 3 is 2.62 bits per heavy atom. The highest BCUT2D eigenvalue weighted by molar-refractivity contribution is 5.66. The van der Waals surface area contributed by atoms with E-state index < -0.39 is 30.1 Å². The van der Waals surface area contributed by atoms with Crippen molar-refractivity contribution < 1.29 is 32.9 Å². The van der Waals surface area contributed by atoms with Crippen LogP contribution in [-0.4, -0.2) is 51.5 Å². The van der Waals surface area contributed by atoms with Gasteiger partial charge in [0.2, 0.25) is 0 Å². The average molecular weight is 306 g/mol. The highest BCUT2D eigenvalue weighted by atomic mass is 19.4. The third kappa shape index (κ3) is 3.54. The minimum atomic E-state index is -4.52. The Morgan fingerprint density at radius 1 is 1.48 bits per heavy atom. The SMILES string of the molecule is O=C(O)N1C[C@@H](Oc2ccc(C(F)(F)F)nc2)C[C@H]1CO. The molecule has 0 spiro atoms. The Hall–Kier alpha value is -2.03. The highest BCUT2D eigenvalue weighted by Gasteiger charge is 2.36. The number of rotatable bonds is 3. The molecule has 2 N–H and O–H groups in total. The van der Waals surface area contributed by atoms with Gasteiger partial charge in [-0.25, -0.2) is 9.78 Å². The number of hydrogen-bond acceptors (Lipinski definition) is 4. The lowest BCUT2D eigenvalue weighted by atomic mass is 10.2. The van der Waals surface area contributed by atoms with Crippen LogP contribution in [0.4, 0.5) is 18.0 Å². The minimum Gasteiger partial charge on any atom is -0.487 e. The van der Waals surface area contributed by atoms with E-state index in [0.29, 0.717) is 0 Å². The van der Waals surface area contributed by atoms with Gasteiger partial charge >= 0.3 is 12.3 Å². The maximum absolute atomic E-state index is 12.4. The van der Waals surface area contributed by atoms with Gasteiger partial charge in [-0.3, -0.25) is 4.90 Å². The fraction of sp³-hybridized carbons (Fsp3) is 0.500. The van der Waals surface area contributed by atoms with Crippen LogP contribution in [0.5, 0.6) is 5.75 Å². The molecule has 2 heterocycles. The van der Waals surface area contributed by atoms with Crippen LogP contribution >= 0.6 is 0 Å². The summed E-state index contributed by atoms with van der Waals surface area (Å²) in [6.45, 7) is -0.293. The number of halogens is 3. The molecule has 1 aliphatic heterocycles. The maximum atomic E-state index is 12.4. The zero-order valence-corrected chi connectivity index (χ0v) is 10.7. The topological polar surface area (TPSA) is 82.9 Å². The lowest BCUT2D eigenvalue weighted by Crippen LogP contribution is -2.36. The van der Waals surface area contributed by atoms with Crippen LogP contribution < -0.4 is 4.74 Å². The number of aliphatic hydroxyl groups is 1. The summed E-state index contributed by atoms with van der Waals surface area (Å²) in [4.78, 5) is 15.2. The number of ether oxygens (including phenoxy) is 1. The summed E-state index contributed by atoms with van der Waals surface area (Å²) in [6.07, 6.45) is -5.01. The van der Waals surface area contributed by atoms with Crippen molar-refractivity contribution in [1.29, 1.82) is 0 Å². The summed E-state index contributed by atoms with van der Waals surface area (Å²) >= 11 is 0. The molecule has 1 saturated heterocycles. The van der Waals surface area contributed by atoms with Crippen LogP contribution in [-0.2, 0) is 6.18 Å². The highest BCUT2D eigenvalue weighted by Crippen LogP contribution is 2.29. The quantitative estimate of drug-likeness (QED) is 0.886. The van der Waals surface area contributed by atoms with E-state index in [4.69, 9.17) is 14.9 Å². The van der Waals surface area contributed by atoms with E-state index in [9.17, 15) is 18.0 Å². The molecule has 21 heavy (non-hydrogen) atoms. The molecule has 9 heteroatoms. The molecule has 0 aliphatic carbocycles. The molecule has 0 bridgehead atoms. The summed E-state index contributed by atoms with van der Waals surface area (Å²) in [6, 6.07) is 1.35. The van der Waals surface area contributed by atoms with Crippen LogP contribution in [0.1, 0.15) is 12.1 Å². The molecule has 0 radical (unpaired) electrons. The van der Waals surface area contributed by atoms with Crippen LogP contribution in [0.3, 0.4) is 0 Å². The summed E-state index contributed by atoms with van der Waals surface area (Å²) in [7, 11) is 0. The van der Waals surface area contributed by atoms with Crippen molar-refractivity contribution in [3.8, 4) is 5.75 Å². The number of aliphatic hydroxyl groups excluding tert-OH is 1. The molecular weight excluding hydrogens is 293 g/mol. The summed E-state index contributed by atoms with van der Waals surface area (Å²) < 4.78 is 42.5. The molecule has 0 saturated carbocycles. The number of hydrogen-bond donors (Lipinski definition) is 2. The van der Waals surface area contributed by atoms with E-state index in [1.54, 1.807) is 0 Å². The summed E-state index contributed by atoms with van der Waals surface area (Å²) in [5.41, 5.74) is -1.03. The van der Waals surface area contributed by atoms with E-state index in [2.05, 4.69) is 4.98 Å². The standard InChI is InChI=1S/C12H13F3N2O4/c13-12(14,15)10-2-1-8(4-16-10)21-9-3-7(6-18)17(5-9)11(19)20/h1-2,4,7,9,18H,3,5-6H2,(H,19,20)/t7-,9-/m0/s1. The Labute approximate surface area is 117 Å². The van der Waals surface area contributed by atoms with Gasteiger partial charge in [0.15, 0.2) is 0 Å². The molecule has 0 aromatic carbocycles. The zero-order valence-electron chi connectivity index (χ0n) is 10.7. The first-order valence-corrected chi connectivity index (χ1v) is 6.11. The first kappa shape index (κ1) is 15.4. The van der Waals surface area contributed by atoms with Gasteiger partial charge in [0.05, 0.1) is 25.4 Å². The summed E-state index contributed by atoms with van der Waals surface area (Å²) in [5, 5.41) is 18.0. The van der Waals surface area contributed by atoms with Gasteiger partial charge in [-0.1, -0.05) is 0 Å². The van der Waals surface area contributed by atoms with Crippen molar-refractivity contribution >= 4 is 6.09 Å². The first-order valence-electron chi connectivity index (χ1n) is 6.11. The van der Waals surface area contributed by atoms with Gasteiger partial charge in [-0.15, -0.1) is 0 Å². The van der Waals surface area contributed by atoms with Gasteiger partial charge < -0.3 is 14.9 Å². The number of alkyl halides is 3. The molecule has 1 fully saturated rings. The van der Waals surface area contributed by atoms with E-state index in [0.717, 1.165) is 23.2 Å². The maximum Gasteiger partial charge on any atom is 0.433 e. The van der Waals surface area contributed by atoms with Crippen LogP contribution in [0.15, 0.2) is 18.3 Å². The van der Waals surface area contributed by atoms with Gasteiger partial charge in [-0.2, -0.15) is 13.2 Å². The Kier molecular flexibility index (Phi) is 4.21. The largest absolute Gasteiger partial charge is 0.487 e. The molecule has 0 unspecified atom stereocenters. The lowest BCUT2D eigenvalue weighted by Gasteiger charge is -2.18. The number of likely N-dealkylation sites (tertiary alicyclic amines) is 1. The Morgan fingerprint density at radius 2 is 2.19 bits per heavy atom. The third-order valence-corrected chi connectivity index (χ3v) is 3.16. The molecule has 1 aromatic heterocycles. The number of amides is 1. The predicted octanol–water partition coefficient (Wildman–Crippen LogP) is 1.59. The van der Waals surface area contributed by atoms with Gasteiger partial charge in [0.1, 0.15) is 17.5 Å². The third-order valence-electron chi connectivity index (χ3n) is 3.16. The first-order chi connectivity index (χ1) is 9.81. The van der Waals surface area contributed by atoms with Crippen molar-refractivity contribution in [2.45, 2.75) is 24.7 Å². The predicted molar refractivity (Wildman–Crippen MR) is 63.9 cm³/mol. The van der Waals surface area contributed by atoms with E-state index in [1.165, 1.54) is 0 Å². The van der Waals surface area contributed by atoms with Crippen molar-refractivity contribution in [3.63, 3.8) is 0 Å². The van der Waals surface area contributed by atoms with Crippen LogP contribution in [0.2, 0.25) is 0 Å². The normalized spacial score (nSPS) is 22.4. The van der Waals surface area contributed by atoms with E-state index in [-0.39, 0.29) is 25.3 Å². The second kappa shape index (κ2) is 5.76. The van der Waals surface area contributed by atoms with Gasteiger partial charge in [0.25, 0.3) is 0 Å². The number of carboxylic acid groups (broad SMARTS) is 1. The van der Waals surface area contributed by atoms with Crippen molar-refractivity contribution in [3.05, 3.63) is 24.0 Å². The number of pyridine rings is 1. The molecule has 6 nitrogen and oxygen atoms in total. The molecule has 1 aromatic rings. The van der Waals surface area contributed by atoms with Crippen molar-refractivity contribution in [2.75, 3.05) is 13.2 Å².